The maximum absolute atomic E-state index is 6.07. The van der Waals surface area contributed by atoms with Crippen molar-refractivity contribution in [3.63, 3.8) is 0 Å². The van der Waals surface area contributed by atoms with Crippen molar-refractivity contribution in [2.75, 3.05) is 5.01 Å². The Labute approximate surface area is 146 Å². The van der Waals surface area contributed by atoms with Gasteiger partial charge in [0.05, 0.1) is 0 Å². The van der Waals surface area contributed by atoms with Crippen LogP contribution in [0.15, 0.2) is 66.3 Å². The van der Waals surface area contributed by atoms with E-state index in [0.717, 1.165) is 17.9 Å². The Hall–Kier alpha value is -2.59. The number of rotatable bonds is 2. The Bertz CT molecular complexity index is 868. The first-order valence-electron chi connectivity index (χ1n) is 7.91. The third-order valence-electron chi connectivity index (χ3n) is 4.31. The Balaban J connectivity index is 1.62. The zero-order valence-electron chi connectivity index (χ0n) is 13.3. The Morgan fingerprint density at radius 2 is 1.92 bits per heavy atom. The summed E-state index contributed by atoms with van der Waals surface area (Å²) < 4.78 is 0. The average molecular weight is 337 g/mol. The van der Waals surface area contributed by atoms with E-state index < -0.39 is 0 Å². The number of halogens is 1. The van der Waals surface area contributed by atoms with E-state index >= 15 is 0 Å². The molecular formula is C19H17ClN4. The van der Waals surface area contributed by atoms with E-state index in [1.807, 2.05) is 29.4 Å². The molecule has 0 fully saturated rings. The van der Waals surface area contributed by atoms with Gasteiger partial charge in [-0.05, 0) is 71.9 Å². The number of anilines is 1. The summed E-state index contributed by atoms with van der Waals surface area (Å²) in [6.45, 7) is 2.11. The van der Waals surface area contributed by atoms with Crippen LogP contribution in [0.2, 0.25) is 5.02 Å². The second kappa shape index (κ2) is 6.13. The van der Waals surface area contributed by atoms with Gasteiger partial charge in [0, 0.05) is 29.8 Å². The molecule has 0 bridgehead atoms. The lowest BCUT2D eigenvalue weighted by Crippen LogP contribution is -2.34. The topological polar surface area (TPSA) is 41.0 Å². The summed E-state index contributed by atoms with van der Waals surface area (Å²) in [5, 5.41) is 2.64. The van der Waals surface area contributed by atoms with Gasteiger partial charge in [-0.15, -0.1) is 0 Å². The number of hydrazine groups is 1. The molecule has 4 nitrogen and oxygen atoms in total. The molecule has 0 amide bonds. The van der Waals surface area contributed by atoms with Gasteiger partial charge >= 0.3 is 0 Å². The van der Waals surface area contributed by atoms with E-state index in [4.69, 9.17) is 11.6 Å². The molecule has 1 N–H and O–H groups in total. The summed E-state index contributed by atoms with van der Waals surface area (Å²) in [7, 11) is 0. The van der Waals surface area contributed by atoms with Crippen molar-refractivity contribution < 1.29 is 0 Å². The summed E-state index contributed by atoms with van der Waals surface area (Å²) in [5.41, 5.74) is 9.56. The van der Waals surface area contributed by atoms with Crippen molar-refractivity contribution in [2.24, 2.45) is 0 Å². The molecule has 1 aromatic heterocycles. The monoisotopic (exact) mass is 336 g/mol. The maximum Gasteiger partial charge on any atom is 0.248 e. The SMILES string of the molecule is Cc1cc(Cl)ccc1C1=CC2=CNN(c3ncccn3)C=C2CC1. The van der Waals surface area contributed by atoms with Crippen molar-refractivity contribution in [1.29, 1.82) is 0 Å². The number of aromatic nitrogens is 2. The third-order valence-corrected chi connectivity index (χ3v) is 4.55. The minimum Gasteiger partial charge on any atom is -0.298 e. The summed E-state index contributed by atoms with van der Waals surface area (Å²) >= 11 is 6.07. The molecule has 1 aromatic carbocycles. The van der Waals surface area contributed by atoms with Crippen LogP contribution in [0.3, 0.4) is 0 Å². The Morgan fingerprint density at radius 3 is 2.71 bits per heavy atom. The smallest absolute Gasteiger partial charge is 0.248 e. The quantitative estimate of drug-likeness (QED) is 0.882. The highest BCUT2D eigenvalue weighted by Gasteiger charge is 2.20. The summed E-state index contributed by atoms with van der Waals surface area (Å²) in [6.07, 6.45) is 11.8. The number of nitrogens with zero attached hydrogens (tertiary/aromatic N) is 3. The van der Waals surface area contributed by atoms with E-state index in [1.54, 1.807) is 12.4 Å². The minimum absolute atomic E-state index is 0.642. The van der Waals surface area contributed by atoms with Crippen LogP contribution in [0.1, 0.15) is 24.0 Å². The van der Waals surface area contributed by atoms with Crippen LogP contribution >= 0.6 is 11.6 Å². The molecule has 2 aliphatic rings. The second-order valence-electron chi connectivity index (χ2n) is 5.93. The molecular weight excluding hydrogens is 320 g/mol. The summed E-state index contributed by atoms with van der Waals surface area (Å²) in [6, 6.07) is 7.90. The van der Waals surface area contributed by atoms with E-state index in [-0.39, 0.29) is 0 Å². The van der Waals surface area contributed by atoms with Gasteiger partial charge in [-0.2, -0.15) is 0 Å². The molecule has 120 valence electrons. The predicted octanol–water partition coefficient (Wildman–Crippen LogP) is 4.41. The van der Waals surface area contributed by atoms with Gasteiger partial charge in [0.25, 0.3) is 0 Å². The van der Waals surface area contributed by atoms with Crippen molar-refractivity contribution in [1.82, 2.24) is 15.4 Å². The first-order chi connectivity index (χ1) is 11.7. The summed E-state index contributed by atoms with van der Waals surface area (Å²) in [4.78, 5) is 8.55. The fraction of sp³-hybridized carbons (Fsp3) is 0.158. The number of fused-ring (bicyclic) bond motifs is 1. The first kappa shape index (κ1) is 15.0. The molecule has 2 heterocycles. The lowest BCUT2D eigenvalue weighted by atomic mass is 9.86. The van der Waals surface area contributed by atoms with Gasteiger partial charge in [-0.25, -0.2) is 15.0 Å². The normalized spacial score (nSPS) is 16.6. The summed E-state index contributed by atoms with van der Waals surface area (Å²) in [5.74, 6) is 0.642. The van der Waals surface area contributed by atoms with Crippen LogP contribution in [-0.2, 0) is 0 Å². The molecule has 2 aromatic rings. The molecule has 4 rings (SSSR count). The molecule has 0 saturated carbocycles. The number of aryl methyl sites for hydroxylation is 1. The van der Waals surface area contributed by atoms with Gasteiger partial charge in [0.15, 0.2) is 0 Å². The molecule has 0 unspecified atom stereocenters. The number of nitrogens with one attached hydrogen (secondary N) is 1. The van der Waals surface area contributed by atoms with Gasteiger partial charge in [-0.1, -0.05) is 17.7 Å². The number of hydrogen-bond acceptors (Lipinski definition) is 4. The van der Waals surface area contributed by atoms with Crippen LogP contribution in [-0.4, -0.2) is 9.97 Å². The van der Waals surface area contributed by atoms with Crippen LogP contribution in [0.25, 0.3) is 5.57 Å². The molecule has 1 aliphatic carbocycles. The van der Waals surface area contributed by atoms with Gasteiger partial charge < -0.3 is 0 Å². The van der Waals surface area contributed by atoms with Crippen LogP contribution in [0.5, 0.6) is 0 Å². The van der Waals surface area contributed by atoms with Crippen molar-refractivity contribution in [3.8, 4) is 0 Å². The number of hydrogen-bond donors (Lipinski definition) is 1. The predicted molar refractivity (Wildman–Crippen MR) is 97.2 cm³/mol. The van der Waals surface area contributed by atoms with E-state index in [1.165, 1.54) is 27.8 Å². The van der Waals surface area contributed by atoms with E-state index in [2.05, 4.69) is 40.7 Å². The van der Waals surface area contributed by atoms with Crippen molar-refractivity contribution >= 4 is 23.1 Å². The molecule has 1 aliphatic heterocycles. The highest BCUT2D eigenvalue weighted by atomic mass is 35.5. The molecule has 5 heteroatoms. The number of benzene rings is 1. The average Bonchev–Trinajstić information content (AvgIpc) is 2.62. The van der Waals surface area contributed by atoms with E-state index in [9.17, 15) is 0 Å². The minimum atomic E-state index is 0.642. The van der Waals surface area contributed by atoms with Crippen LogP contribution < -0.4 is 10.4 Å². The number of allylic oxidation sites excluding steroid dienone is 4. The lowest BCUT2D eigenvalue weighted by Gasteiger charge is -2.28. The zero-order chi connectivity index (χ0) is 16.5. The van der Waals surface area contributed by atoms with Gasteiger partial charge in [-0.3, -0.25) is 5.43 Å². The maximum atomic E-state index is 6.07. The first-order valence-corrected chi connectivity index (χ1v) is 8.29. The zero-order valence-corrected chi connectivity index (χ0v) is 14.1. The fourth-order valence-electron chi connectivity index (χ4n) is 3.10. The highest BCUT2D eigenvalue weighted by molar-refractivity contribution is 6.30. The lowest BCUT2D eigenvalue weighted by molar-refractivity contribution is 0.791. The molecule has 0 saturated heterocycles. The Kier molecular flexibility index (Phi) is 3.82. The van der Waals surface area contributed by atoms with Crippen LogP contribution in [0, 0.1) is 6.92 Å². The second-order valence-corrected chi connectivity index (χ2v) is 6.37. The largest absolute Gasteiger partial charge is 0.298 e. The standard InChI is InChI=1S/C19H17ClN4/c1-13-9-17(20)5-6-18(13)14-3-4-15-12-24(23-11-16(15)10-14)19-21-7-2-8-22-19/h2,5-12,23H,3-4H2,1H3. The van der Waals surface area contributed by atoms with E-state index in [0.29, 0.717) is 5.95 Å². The van der Waals surface area contributed by atoms with Gasteiger partial charge in [0.1, 0.15) is 0 Å². The van der Waals surface area contributed by atoms with Gasteiger partial charge in [0.2, 0.25) is 5.95 Å². The highest BCUT2D eigenvalue weighted by Crippen LogP contribution is 2.36. The Morgan fingerprint density at radius 1 is 1.12 bits per heavy atom. The molecule has 0 atom stereocenters. The molecule has 0 radical (unpaired) electrons. The molecule has 24 heavy (non-hydrogen) atoms. The third kappa shape index (κ3) is 2.81. The van der Waals surface area contributed by atoms with Crippen LogP contribution in [0.4, 0.5) is 5.95 Å². The fourth-order valence-corrected chi connectivity index (χ4v) is 3.33. The van der Waals surface area contributed by atoms with Crippen molar-refractivity contribution in [2.45, 2.75) is 19.8 Å². The molecule has 0 spiro atoms. The van der Waals surface area contributed by atoms with Crippen molar-refractivity contribution in [3.05, 3.63) is 82.4 Å².